The Kier molecular flexibility index (Phi) is 3.98. The number of nitrogens with one attached hydrogen (secondary N) is 2. The third-order valence-corrected chi connectivity index (χ3v) is 2.54. The van der Waals surface area contributed by atoms with Gasteiger partial charge in [-0.05, 0) is 30.3 Å². The SMILES string of the molecule is O=C(Nc1ccc(F)cc1)Nc1cc([N+](=O)[O-])ccc1O. The molecule has 0 atom stereocenters. The van der Waals surface area contributed by atoms with Crippen LogP contribution in [-0.2, 0) is 0 Å². The summed E-state index contributed by atoms with van der Waals surface area (Å²) in [5, 5.41) is 24.9. The van der Waals surface area contributed by atoms with Crippen molar-refractivity contribution in [1.82, 2.24) is 0 Å². The molecule has 0 saturated heterocycles. The van der Waals surface area contributed by atoms with Gasteiger partial charge >= 0.3 is 6.03 Å². The number of phenols is 1. The smallest absolute Gasteiger partial charge is 0.323 e. The van der Waals surface area contributed by atoms with Crippen molar-refractivity contribution in [3.05, 3.63) is 58.4 Å². The number of non-ortho nitro benzene ring substituents is 1. The van der Waals surface area contributed by atoms with Crippen LogP contribution in [0.5, 0.6) is 5.75 Å². The molecule has 0 spiro atoms. The number of nitrogens with zero attached hydrogens (tertiary/aromatic N) is 1. The number of carbonyl (C=O) groups is 1. The lowest BCUT2D eigenvalue weighted by atomic mass is 10.2. The number of benzene rings is 2. The minimum atomic E-state index is -0.725. The second kappa shape index (κ2) is 5.87. The Bertz CT molecular complexity index is 688. The molecule has 0 aromatic heterocycles. The first-order chi connectivity index (χ1) is 9.95. The second-order valence-electron chi connectivity index (χ2n) is 4.04. The molecule has 2 aromatic rings. The summed E-state index contributed by atoms with van der Waals surface area (Å²) in [6.45, 7) is 0. The van der Waals surface area contributed by atoms with Gasteiger partial charge in [-0.1, -0.05) is 0 Å². The van der Waals surface area contributed by atoms with Gasteiger partial charge in [-0.25, -0.2) is 9.18 Å². The van der Waals surface area contributed by atoms with Gasteiger partial charge in [0.05, 0.1) is 10.6 Å². The summed E-state index contributed by atoms with van der Waals surface area (Å²) < 4.78 is 12.7. The van der Waals surface area contributed by atoms with Crippen molar-refractivity contribution in [3.8, 4) is 5.75 Å². The Morgan fingerprint density at radius 3 is 2.43 bits per heavy atom. The molecule has 0 heterocycles. The Morgan fingerprint density at radius 2 is 1.81 bits per heavy atom. The Morgan fingerprint density at radius 1 is 1.14 bits per heavy atom. The lowest BCUT2D eigenvalue weighted by molar-refractivity contribution is -0.384. The molecule has 0 saturated carbocycles. The highest BCUT2D eigenvalue weighted by Crippen LogP contribution is 2.27. The number of rotatable bonds is 3. The number of aromatic hydroxyl groups is 1. The van der Waals surface area contributed by atoms with Crippen molar-refractivity contribution in [1.29, 1.82) is 0 Å². The van der Waals surface area contributed by atoms with Crippen LogP contribution in [0.15, 0.2) is 42.5 Å². The summed E-state index contributed by atoms with van der Waals surface area (Å²) in [7, 11) is 0. The molecule has 2 aromatic carbocycles. The van der Waals surface area contributed by atoms with Crippen molar-refractivity contribution in [3.63, 3.8) is 0 Å². The van der Waals surface area contributed by atoms with Gasteiger partial charge in [0.25, 0.3) is 5.69 Å². The summed E-state index contributed by atoms with van der Waals surface area (Å²) in [4.78, 5) is 21.7. The lowest BCUT2D eigenvalue weighted by Crippen LogP contribution is -2.19. The zero-order valence-corrected chi connectivity index (χ0v) is 10.5. The van der Waals surface area contributed by atoms with Crippen molar-refractivity contribution in [2.75, 3.05) is 10.6 Å². The number of hydrogen-bond acceptors (Lipinski definition) is 4. The minimum absolute atomic E-state index is 0.108. The monoisotopic (exact) mass is 291 g/mol. The van der Waals surface area contributed by atoms with Crippen LogP contribution < -0.4 is 10.6 Å². The van der Waals surface area contributed by atoms with E-state index in [-0.39, 0.29) is 17.1 Å². The molecular weight excluding hydrogens is 281 g/mol. The molecule has 3 N–H and O–H groups in total. The summed E-state index contributed by atoms with van der Waals surface area (Å²) in [6, 6.07) is 7.55. The van der Waals surface area contributed by atoms with Gasteiger partial charge in [0.2, 0.25) is 0 Å². The molecule has 0 aliphatic rings. The number of urea groups is 1. The number of phenolic OH excluding ortho intramolecular Hbond substituents is 1. The van der Waals surface area contributed by atoms with Crippen LogP contribution in [0.1, 0.15) is 0 Å². The standard InChI is InChI=1S/C13H10FN3O4/c14-8-1-3-9(4-2-8)15-13(19)16-11-7-10(17(20)21)5-6-12(11)18/h1-7,18H,(H2,15,16,19). The molecule has 0 aliphatic heterocycles. The summed E-state index contributed by atoms with van der Waals surface area (Å²) >= 11 is 0. The average Bonchev–Trinajstić information content (AvgIpc) is 2.43. The fraction of sp³-hybridized carbons (Fsp3) is 0. The van der Waals surface area contributed by atoms with Crippen molar-refractivity contribution in [2.45, 2.75) is 0 Å². The number of anilines is 2. The number of hydrogen-bond donors (Lipinski definition) is 3. The van der Waals surface area contributed by atoms with Crippen LogP contribution >= 0.6 is 0 Å². The molecule has 7 nitrogen and oxygen atoms in total. The molecule has 108 valence electrons. The van der Waals surface area contributed by atoms with Crippen LogP contribution in [0.2, 0.25) is 0 Å². The van der Waals surface area contributed by atoms with E-state index in [1.807, 2.05) is 0 Å². The van der Waals surface area contributed by atoms with Crippen LogP contribution in [0.25, 0.3) is 0 Å². The van der Waals surface area contributed by atoms with E-state index in [4.69, 9.17) is 0 Å². The summed E-state index contributed by atoms with van der Waals surface area (Å²) in [6.07, 6.45) is 0. The Labute approximate surface area is 118 Å². The number of amides is 2. The first-order valence-electron chi connectivity index (χ1n) is 5.76. The molecule has 2 amide bonds. The summed E-state index contributed by atoms with van der Waals surface area (Å²) in [5.41, 5.74) is -0.0486. The Hall–Kier alpha value is -3.16. The minimum Gasteiger partial charge on any atom is -0.506 e. The number of halogens is 1. The quantitative estimate of drug-likeness (QED) is 0.459. The average molecular weight is 291 g/mol. The molecule has 0 unspecified atom stereocenters. The molecule has 0 bridgehead atoms. The third-order valence-electron chi connectivity index (χ3n) is 2.54. The predicted molar refractivity (Wildman–Crippen MR) is 73.8 cm³/mol. The lowest BCUT2D eigenvalue weighted by Gasteiger charge is -2.08. The molecule has 0 aliphatic carbocycles. The van der Waals surface area contributed by atoms with Gasteiger partial charge < -0.3 is 15.7 Å². The van der Waals surface area contributed by atoms with Gasteiger partial charge in [-0.15, -0.1) is 0 Å². The normalized spacial score (nSPS) is 9.95. The van der Waals surface area contributed by atoms with Crippen LogP contribution in [0.3, 0.4) is 0 Å². The van der Waals surface area contributed by atoms with E-state index < -0.39 is 16.8 Å². The molecule has 0 radical (unpaired) electrons. The summed E-state index contributed by atoms with van der Waals surface area (Å²) in [5.74, 6) is -0.757. The predicted octanol–water partition coefficient (Wildman–Crippen LogP) is 3.08. The van der Waals surface area contributed by atoms with Crippen LogP contribution in [-0.4, -0.2) is 16.1 Å². The highest BCUT2D eigenvalue weighted by Gasteiger charge is 2.12. The second-order valence-corrected chi connectivity index (χ2v) is 4.04. The maximum atomic E-state index is 12.7. The zero-order valence-electron chi connectivity index (χ0n) is 10.5. The fourth-order valence-electron chi connectivity index (χ4n) is 1.56. The zero-order chi connectivity index (χ0) is 15.4. The molecule has 8 heteroatoms. The van der Waals surface area contributed by atoms with E-state index in [0.717, 1.165) is 18.2 Å². The maximum Gasteiger partial charge on any atom is 0.323 e. The first-order valence-corrected chi connectivity index (χ1v) is 5.76. The van der Waals surface area contributed by atoms with E-state index in [1.54, 1.807) is 0 Å². The van der Waals surface area contributed by atoms with Crippen LogP contribution in [0, 0.1) is 15.9 Å². The fourth-order valence-corrected chi connectivity index (χ4v) is 1.56. The third kappa shape index (κ3) is 3.66. The van der Waals surface area contributed by atoms with Crippen LogP contribution in [0.4, 0.5) is 26.2 Å². The van der Waals surface area contributed by atoms with E-state index in [1.165, 1.54) is 24.3 Å². The number of nitro benzene ring substituents is 1. The van der Waals surface area contributed by atoms with Gasteiger partial charge in [0.1, 0.15) is 11.6 Å². The van der Waals surface area contributed by atoms with Gasteiger partial charge in [-0.2, -0.15) is 0 Å². The van der Waals surface area contributed by atoms with E-state index in [2.05, 4.69) is 10.6 Å². The van der Waals surface area contributed by atoms with Gasteiger partial charge in [-0.3, -0.25) is 10.1 Å². The maximum absolute atomic E-state index is 12.7. The number of nitro groups is 1. The number of carbonyl (C=O) groups excluding carboxylic acids is 1. The molecule has 2 rings (SSSR count). The van der Waals surface area contributed by atoms with E-state index in [9.17, 15) is 24.4 Å². The van der Waals surface area contributed by atoms with Gasteiger partial charge in [0.15, 0.2) is 0 Å². The largest absolute Gasteiger partial charge is 0.506 e. The topological polar surface area (TPSA) is 104 Å². The molecule has 0 fully saturated rings. The highest BCUT2D eigenvalue weighted by molar-refractivity contribution is 6.00. The molecular formula is C13H10FN3O4. The van der Waals surface area contributed by atoms with E-state index >= 15 is 0 Å². The van der Waals surface area contributed by atoms with Crippen molar-refractivity contribution < 1.29 is 19.2 Å². The highest BCUT2D eigenvalue weighted by atomic mass is 19.1. The molecule has 21 heavy (non-hydrogen) atoms. The van der Waals surface area contributed by atoms with Crippen molar-refractivity contribution in [2.24, 2.45) is 0 Å². The van der Waals surface area contributed by atoms with Gasteiger partial charge in [0, 0.05) is 17.8 Å². The van der Waals surface area contributed by atoms with Crippen molar-refractivity contribution >= 4 is 23.1 Å². The van der Waals surface area contributed by atoms with E-state index in [0.29, 0.717) is 5.69 Å². The Balaban J connectivity index is 2.10. The first kappa shape index (κ1) is 14.3.